The van der Waals surface area contributed by atoms with Gasteiger partial charge in [-0.15, -0.1) is 6.58 Å². The summed E-state index contributed by atoms with van der Waals surface area (Å²) in [4.78, 5) is 10.9. The van der Waals surface area contributed by atoms with E-state index in [1.165, 1.54) is 6.92 Å². The van der Waals surface area contributed by atoms with E-state index < -0.39 is 0 Å². The lowest BCUT2D eigenvalue weighted by Crippen LogP contribution is -2.41. The van der Waals surface area contributed by atoms with Crippen LogP contribution in [0.25, 0.3) is 0 Å². The van der Waals surface area contributed by atoms with Crippen molar-refractivity contribution in [2.24, 2.45) is 0 Å². The lowest BCUT2D eigenvalue weighted by Gasteiger charge is -2.22. The molecule has 1 amide bonds. The molecule has 1 rings (SSSR count). The van der Waals surface area contributed by atoms with Crippen LogP contribution in [0.4, 0.5) is 5.69 Å². The zero-order valence-corrected chi connectivity index (χ0v) is 8.23. The van der Waals surface area contributed by atoms with E-state index in [0.29, 0.717) is 6.54 Å². The molecule has 0 bridgehead atoms. The molecule has 3 nitrogen and oxygen atoms in total. The van der Waals surface area contributed by atoms with Crippen LogP contribution in [0.15, 0.2) is 43.0 Å². The van der Waals surface area contributed by atoms with Gasteiger partial charge in [-0.05, 0) is 12.1 Å². The van der Waals surface area contributed by atoms with Gasteiger partial charge in [0.15, 0.2) is 0 Å². The molecule has 0 heterocycles. The molecule has 0 saturated heterocycles. The Morgan fingerprint density at radius 1 is 1.50 bits per heavy atom. The largest absolute Gasteiger partial charge is 0.282 e. The van der Waals surface area contributed by atoms with Gasteiger partial charge in [0.25, 0.3) is 0 Å². The molecule has 0 atom stereocenters. The number of carbonyl (C=O) groups is 1. The van der Waals surface area contributed by atoms with Crippen molar-refractivity contribution in [3.05, 3.63) is 43.0 Å². The Hall–Kier alpha value is -1.77. The first-order valence-corrected chi connectivity index (χ1v) is 4.44. The highest BCUT2D eigenvalue weighted by atomic mass is 16.2. The Labute approximate surface area is 84.0 Å². The lowest BCUT2D eigenvalue weighted by molar-refractivity contribution is -0.119. The molecule has 3 heteroatoms. The van der Waals surface area contributed by atoms with Crippen molar-refractivity contribution in [1.82, 2.24) is 5.43 Å². The van der Waals surface area contributed by atoms with Crippen LogP contribution in [0.5, 0.6) is 0 Å². The van der Waals surface area contributed by atoms with E-state index in [2.05, 4.69) is 12.0 Å². The Kier molecular flexibility index (Phi) is 3.73. The maximum Gasteiger partial charge on any atom is 0.235 e. The minimum absolute atomic E-state index is 0.0873. The van der Waals surface area contributed by atoms with E-state index in [1.54, 1.807) is 11.1 Å². The summed E-state index contributed by atoms with van der Waals surface area (Å²) in [5, 5.41) is 1.75. The average molecular weight is 190 g/mol. The number of anilines is 1. The minimum atomic E-state index is -0.0873. The van der Waals surface area contributed by atoms with E-state index in [-0.39, 0.29) is 5.91 Å². The summed E-state index contributed by atoms with van der Waals surface area (Å²) in [5.74, 6) is -0.0873. The maximum absolute atomic E-state index is 10.9. The average Bonchev–Trinajstić information content (AvgIpc) is 2.18. The molecule has 14 heavy (non-hydrogen) atoms. The van der Waals surface area contributed by atoms with Crippen molar-refractivity contribution in [1.29, 1.82) is 0 Å². The molecule has 1 aromatic rings. The molecule has 0 unspecified atom stereocenters. The van der Waals surface area contributed by atoms with Crippen LogP contribution in [0, 0.1) is 0 Å². The van der Waals surface area contributed by atoms with Gasteiger partial charge in [-0.2, -0.15) is 0 Å². The third-order valence-corrected chi connectivity index (χ3v) is 1.67. The quantitative estimate of drug-likeness (QED) is 0.579. The van der Waals surface area contributed by atoms with Gasteiger partial charge in [0.1, 0.15) is 0 Å². The molecular weight excluding hydrogens is 176 g/mol. The number of carbonyl (C=O) groups excluding carboxylic acids is 1. The number of benzene rings is 1. The molecule has 0 aromatic heterocycles. The third-order valence-electron chi connectivity index (χ3n) is 1.67. The van der Waals surface area contributed by atoms with E-state index in [4.69, 9.17) is 0 Å². The number of rotatable bonds is 4. The Bertz CT molecular complexity index is 308. The molecule has 0 fully saturated rings. The van der Waals surface area contributed by atoms with E-state index >= 15 is 0 Å². The Morgan fingerprint density at radius 3 is 2.64 bits per heavy atom. The molecule has 74 valence electrons. The maximum atomic E-state index is 10.9. The second kappa shape index (κ2) is 5.07. The van der Waals surface area contributed by atoms with Gasteiger partial charge < -0.3 is 0 Å². The number of hydrogen-bond acceptors (Lipinski definition) is 2. The predicted octanol–water partition coefficient (Wildman–Crippen LogP) is 1.73. The van der Waals surface area contributed by atoms with Crippen LogP contribution in [0.3, 0.4) is 0 Å². The molecule has 0 radical (unpaired) electrons. The minimum Gasteiger partial charge on any atom is -0.282 e. The highest BCUT2D eigenvalue weighted by Crippen LogP contribution is 2.10. The standard InChI is InChI=1S/C11H14N2O/c1-3-9-13(12-10(2)14)11-7-5-4-6-8-11/h3-8H,1,9H2,2H3,(H,12,14). The van der Waals surface area contributed by atoms with E-state index in [9.17, 15) is 4.79 Å². The zero-order chi connectivity index (χ0) is 10.4. The monoisotopic (exact) mass is 190 g/mol. The molecule has 0 spiro atoms. The van der Waals surface area contributed by atoms with Gasteiger partial charge in [0.2, 0.25) is 5.91 Å². The fourth-order valence-electron chi connectivity index (χ4n) is 1.14. The van der Waals surface area contributed by atoms with Gasteiger partial charge in [0, 0.05) is 6.92 Å². The van der Waals surface area contributed by atoms with Crippen LogP contribution in [-0.4, -0.2) is 12.5 Å². The van der Waals surface area contributed by atoms with Crippen molar-refractivity contribution in [2.75, 3.05) is 11.6 Å². The molecular formula is C11H14N2O. The highest BCUT2D eigenvalue weighted by Gasteiger charge is 2.03. The fraction of sp³-hybridized carbons (Fsp3) is 0.182. The normalized spacial score (nSPS) is 9.21. The number of para-hydroxylation sites is 1. The third kappa shape index (κ3) is 2.94. The SMILES string of the molecule is C=CCN(NC(C)=O)c1ccccc1. The van der Waals surface area contributed by atoms with Crippen molar-refractivity contribution in [3.63, 3.8) is 0 Å². The first-order chi connectivity index (χ1) is 6.74. The molecule has 0 aliphatic heterocycles. The van der Waals surface area contributed by atoms with E-state index in [1.807, 2.05) is 30.3 Å². The molecule has 1 aromatic carbocycles. The van der Waals surface area contributed by atoms with Gasteiger partial charge >= 0.3 is 0 Å². The summed E-state index contributed by atoms with van der Waals surface area (Å²) < 4.78 is 0. The van der Waals surface area contributed by atoms with Crippen molar-refractivity contribution >= 4 is 11.6 Å². The first-order valence-electron chi connectivity index (χ1n) is 4.44. The van der Waals surface area contributed by atoms with Crippen LogP contribution in [0.1, 0.15) is 6.92 Å². The van der Waals surface area contributed by atoms with Crippen molar-refractivity contribution < 1.29 is 4.79 Å². The summed E-state index contributed by atoms with van der Waals surface area (Å²) in [6.07, 6.45) is 1.74. The van der Waals surface area contributed by atoms with Gasteiger partial charge in [-0.3, -0.25) is 15.2 Å². The summed E-state index contributed by atoms with van der Waals surface area (Å²) in [5.41, 5.74) is 3.67. The second-order valence-electron chi connectivity index (χ2n) is 2.90. The number of amides is 1. The highest BCUT2D eigenvalue weighted by molar-refractivity contribution is 5.75. The summed E-state index contributed by atoms with van der Waals surface area (Å²) in [6.45, 7) is 5.71. The Morgan fingerprint density at radius 2 is 2.14 bits per heavy atom. The molecule has 0 aliphatic carbocycles. The Balaban J connectivity index is 2.77. The van der Waals surface area contributed by atoms with Crippen LogP contribution >= 0.6 is 0 Å². The summed E-state index contributed by atoms with van der Waals surface area (Å²) in [7, 11) is 0. The van der Waals surface area contributed by atoms with Gasteiger partial charge in [-0.25, -0.2) is 0 Å². The van der Waals surface area contributed by atoms with Crippen molar-refractivity contribution in [2.45, 2.75) is 6.92 Å². The number of nitrogens with zero attached hydrogens (tertiary/aromatic N) is 1. The predicted molar refractivity (Wildman–Crippen MR) is 57.8 cm³/mol. The molecule has 1 N–H and O–H groups in total. The van der Waals surface area contributed by atoms with Crippen LogP contribution < -0.4 is 10.4 Å². The summed E-state index contributed by atoms with van der Waals surface area (Å²) in [6, 6.07) is 9.64. The van der Waals surface area contributed by atoms with E-state index in [0.717, 1.165) is 5.69 Å². The van der Waals surface area contributed by atoms with Crippen LogP contribution in [0.2, 0.25) is 0 Å². The zero-order valence-electron chi connectivity index (χ0n) is 8.23. The van der Waals surface area contributed by atoms with Gasteiger partial charge in [-0.1, -0.05) is 24.3 Å². The topological polar surface area (TPSA) is 32.3 Å². The molecule has 0 saturated carbocycles. The van der Waals surface area contributed by atoms with Crippen LogP contribution in [-0.2, 0) is 4.79 Å². The summed E-state index contributed by atoms with van der Waals surface area (Å²) >= 11 is 0. The smallest absolute Gasteiger partial charge is 0.235 e. The number of hydrogen-bond donors (Lipinski definition) is 1. The number of hydrazine groups is 1. The number of nitrogens with one attached hydrogen (secondary N) is 1. The lowest BCUT2D eigenvalue weighted by atomic mass is 10.3. The van der Waals surface area contributed by atoms with Gasteiger partial charge in [0.05, 0.1) is 12.2 Å². The second-order valence-corrected chi connectivity index (χ2v) is 2.90. The first kappa shape index (κ1) is 10.3. The van der Waals surface area contributed by atoms with Crippen molar-refractivity contribution in [3.8, 4) is 0 Å². The fourth-order valence-corrected chi connectivity index (χ4v) is 1.14. The molecule has 0 aliphatic rings.